The van der Waals surface area contributed by atoms with Gasteiger partial charge in [0.05, 0.1) is 0 Å². The van der Waals surface area contributed by atoms with Crippen molar-refractivity contribution >= 4 is 6.03 Å². The summed E-state index contributed by atoms with van der Waals surface area (Å²) in [6, 6.07) is 10.7. The molecule has 4 heteroatoms. The predicted octanol–water partition coefficient (Wildman–Crippen LogP) is 2.69. The fourth-order valence-electron chi connectivity index (χ4n) is 2.80. The highest BCUT2D eigenvalue weighted by atomic mass is 16.5. The molecule has 1 aromatic carbocycles. The van der Waals surface area contributed by atoms with Crippen molar-refractivity contribution in [2.24, 2.45) is 5.92 Å². The van der Waals surface area contributed by atoms with Gasteiger partial charge in [0, 0.05) is 32.8 Å². The van der Waals surface area contributed by atoms with Gasteiger partial charge < -0.3 is 15.0 Å². The van der Waals surface area contributed by atoms with Crippen LogP contribution in [0.2, 0.25) is 0 Å². The Morgan fingerprint density at radius 1 is 1.43 bits per heavy atom. The van der Waals surface area contributed by atoms with Gasteiger partial charge in [-0.05, 0) is 37.7 Å². The minimum absolute atomic E-state index is 0.0640. The van der Waals surface area contributed by atoms with E-state index in [-0.39, 0.29) is 12.1 Å². The van der Waals surface area contributed by atoms with Gasteiger partial charge in [0.2, 0.25) is 0 Å². The standard InChI is InChI=1S/C17H26N2O2/c1-14(9-11-21-2)18-17(20)19-10-8-16(13-19)12-15-6-4-3-5-7-15/h3-7,14,16H,8-13H2,1-2H3,(H,18,20)/t14-,16-/m1/s1. The summed E-state index contributed by atoms with van der Waals surface area (Å²) >= 11 is 0. The summed E-state index contributed by atoms with van der Waals surface area (Å²) in [5.74, 6) is 0.576. The van der Waals surface area contributed by atoms with E-state index in [4.69, 9.17) is 4.74 Å². The fraction of sp³-hybridized carbons (Fsp3) is 0.588. The number of likely N-dealkylation sites (tertiary alicyclic amines) is 1. The molecule has 0 spiro atoms. The molecule has 1 N–H and O–H groups in total. The highest BCUT2D eigenvalue weighted by molar-refractivity contribution is 5.74. The van der Waals surface area contributed by atoms with E-state index in [0.717, 1.165) is 32.4 Å². The second kappa shape index (κ2) is 8.03. The Balaban J connectivity index is 1.75. The zero-order valence-electron chi connectivity index (χ0n) is 13.0. The summed E-state index contributed by atoms with van der Waals surface area (Å²) in [6.07, 6.45) is 3.00. The number of nitrogens with zero attached hydrogens (tertiary/aromatic N) is 1. The third kappa shape index (κ3) is 5.05. The SMILES string of the molecule is COCC[C@@H](C)NC(=O)N1CC[C@H](Cc2ccccc2)C1. The van der Waals surface area contributed by atoms with Gasteiger partial charge in [0.15, 0.2) is 0 Å². The van der Waals surface area contributed by atoms with Gasteiger partial charge in [-0.1, -0.05) is 30.3 Å². The highest BCUT2D eigenvalue weighted by Crippen LogP contribution is 2.20. The fourth-order valence-corrected chi connectivity index (χ4v) is 2.80. The molecular weight excluding hydrogens is 264 g/mol. The van der Waals surface area contributed by atoms with E-state index in [1.807, 2.05) is 17.9 Å². The zero-order valence-corrected chi connectivity index (χ0v) is 13.0. The number of amides is 2. The molecule has 1 heterocycles. The minimum Gasteiger partial charge on any atom is -0.385 e. The van der Waals surface area contributed by atoms with Crippen molar-refractivity contribution < 1.29 is 9.53 Å². The van der Waals surface area contributed by atoms with E-state index in [2.05, 4.69) is 29.6 Å². The molecule has 1 aliphatic rings. The van der Waals surface area contributed by atoms with Crippen LogP contribution in [0, 0.1) is 5.92 Å². The number of methoxy groups -OCH3 is 1. The molecule has 1 fully saturated rings. The summed E-state index contributed by atoms with van der Waals surface area (Å²) in [5, 5.41) is 3.05. The maximum atomic E-state index is 12.2. The van der Waals surface area contributed by atoms with E-state index in [1.54, 1.807) is 7.11 Å². The second-order valence-corrected chi connectivity index (χ2v) is 5.92. The van der Waals surface area contributed by atoms with E-state index in [1.165, 1.54) is 5.56 Å². The van der Waals surface area contributed by atoms with Crippen molar-refractivity contribution in [2.75, 3.05) is 26.8 Å². The van der Waals surface area contributed by atoms with Gasteiger partial charge >= 0.3 is 6.03 Å². The maximum Gasteiger partial charge on any atom is 0.317 e. The summed E-state index contributed by atoms with van der Waals surface area (Å²) in [5.41, 5.74) is 1.36. The molecule has 21 heavy (non-hydrogen) atoms. The van der Waals surface area contributed by atoms with Crippen LogP contribution in [0.4, 0.5) is 4.79 Å². The van der Waals surface area contributed by atoms with E-state index >= 15 is 0 Å². The van der Waals surface area contributed by atoms with Crippen LogP contribution in [0.15, 0.2) is 30.3 Å². The number of ether oxygens (including phenoxy) is 1. The van der Waals surface area contributed by atoms with Crippen LogP contribution in [0.25, 0.3) is 0 Å². The Kier molecular flexibility index (Phi) is 6.05. The van der Waals surface area contributed by atoms with Gasteiger partial charge in [-0.3, -0.25) is 0 Å². The van der Waals surface area contributed by atoms with Gasteiger partial charge in [-0.25, -0.2) is 4.79 Å². The molecule has 0 aromatic heterocycles. The van der Waals surface area contributed by atoms with Gasteiger partial charge in [-0.15, -0.1) is 0 Å². The van der Waals surface area contributed by atoms with Crippen LogP contribution in [-0.2, 0) is 11.2 Å². The quantitative estimate of drug-likeness (QED) is 0.875. The average Bonchev–Trinajstić information content (AvgIpc) is 2.95. The summed E-state index contributed by atoms with van der Waals surface area (Å²) in [7, 11) is 1.68. The van der Waals surface area contributed by atoms with Gasteiger partial charge in [-0.2, -0.15) is 0 Å². The lowest BCUT2D eigenvalue weighted by atomic mass is 9.99. The largest absolute Gasteiger partial charge is 0.385 e. The lowest BCUT2D eigenvalue weighted by Gasteiger charge is -2.21. The number of hydrogen-bond acceptors (Lipinski definition) is 2. The van der Waals surface area contributed by atoms with Crippen LogP contribution in [-0.4, -0.2) is 43.8 Å². The second-order valence-electron chi connectivity index (χ2n) is 5.92. The summed E-state index contributed by atoms with van der Waals surface area (Å²) < 4.78 is 5.04. The molecule has 0 unspecified atom stereocenters. The molecule has 2 amide bonds. The van der Waals surface area contributed by atoms with Crippen molar-refractivity contribution in [3.8, 4) is 0 Å². The Hall–Kier alpha value is -1.55. The number of carbonyl (C=O) groups is 1. The third-order valence-corrected chi connectivity index (χ3v) is 4.07. The first-order chi connectivity index (χ1) is 10.2. The number of rotatable bonds is 6. The summed E-state index contributed by atoms with van der Waals surface area (Å²) in [4.78, 5) is 14.1. The van der Waals surface area contributed by atoms with Crippen LogP contribution < -0.4 is 5.32 Å². The Morgan fingerprint density at radius 3 is 2.90 bits per heavy atom. The molecule has 4 nitrogen and oxygen atoms in total. The third-order valence-electron chi connectivity index (χ3n) is 4.07. The van der Waals surface area contributed by atoms with Crippen molar-refractivity contribution in [3.05, 3.63) is 35.9 Å². The van der Waals surface area contributed by atoms with E-state index < -0.39 is 0 Å². The lowest BCUT2D eigenvalue weighted by molar-refractivity contribution is 0.177. The predicted molar refractivity (Wildman–Crippen MR) is 84.3 cm³/mol. The maximum absolute atomic E-state index is 12.2. The number of carbonyl (C=O) groups excluding carboxylic acids is 1. The number of nitrogens with one attached hydrogen (secondary N) is 1. The number of benzene rings is 1. The van der Waals surface area contributed by atoms with Crippen molar-refractivity contribution in [1.82, 2.24) is 10.2 Å². The lowest BCUT2D eigenvalue weighted by Crippen LogP contribution is -2.43. The first-order valence-electron chi connectivity index (χ1n) is 7.77. The Bertz CT molecular complexity index is 436. The molecular formula is C17H26N2O2. The van der Waals surface area contributed by atoms with Crippen LogP contribution in [0.5, 0.6) is 0 Å². The highest BCUT2D eigenvalue weighted by Gasteiger charge is 2.26. The topological polar surface area (TPSA) is 41.6 Å². The van der Waals surface area contributed by atoms with Crippen LogP contribution in [0.1, 0.15) is 25.3 Å². The molecule has 0 aliphatic carbocycles. The van der Waals surface area contributed by atoms with Crippen molar-refractivity contribution in [2.45, 2.75) is 32.2 Å². The monoisotopic (exact) mass is 290 g/mol. The molecule has 1 saturated heterocycles. The normalized spacial score (nSPS) is 19.5. The average molecular weight is 290 g/mol. The minimum atomic E-state index is 0.0640. The van der Waals surface area contributed by atoms with Gasteiger partial charge in [0.25, 0.3) is 0 Å². The van der Waals surface area contributed by atoms with Crippen molar-refractivity contribution in [1.29, 1.82) is 0 Å². The molecule has 0 saturated carbocycles. The molecule has 1 aromatic rings. The van der Waals surface area contributed by atoms with Gasteiger partial charge in [0.1, 0.15) is 0 Å². The molecule has 1 aliphatic heterocycles. The van der Waals surface area contributed by atoms with E-state index in [0.29, 0.717) is 12.5 Å². The molecule has 0 bridgehead atoms. The van der Waals surface area contributed by atoms with E-state index in [9.17, 15) is 4.79 Å². The van der Waals surface area contributed by atoms with Crippen molar-refractivity contribution in [3.63, 3.8) is 0 Å². The first kappa shape index (κ1) is 15.8. The van der Waals surface area contributed by atoms with Crippen LogP contribution in [0.3, 0.4) is 0 Å². The Labute approximate surface area is 127 Å². The first-order valence-corrected chi connectivity index (χ1v) is 7.77. The van der Waals surface area contributed by atoms with Crippen LogP contribution >= 0.6 is 0 Å². The number of urea groups is 1. The smallest absolute Gasteiger partial charge is 0.317 e. The summed E-state index contributed by atoms with van der Waals surface area (Å²) in [6.45, 7) is 4.42. The zero-order chi connectivity index (χ0) is 15.1. The number of hydrogen-bond donors (Lipinski definition) is 1. The molecule has 116 valence electrons. The molecule has 2 atom stereocenters. The Morgan fingerprint density at radius 2 is 2.19 bits per heavy atom. The molecule has 2 rings (SSSR count). The molecule has 0 radical (unpaired) electrons.